The van der Waals surface area contributed by atoms with Gasteiger partial charge in [-0.25, -0.2) is 4.90 Å². The predicted octanol–water partition coefficient (Wildman–Crippen LogP) is 7.00. The summed E-state index contributed by atoms with van der Waals surface area (Å²) in [6.07, 6.45) is -9.74. The van der Waals surface area contributed by atoms with E-state index in [1.54, 1.807) is 0 Å². The highest BCUT2D eigenvalue weighted by Gasteiger charge is 2.76. The summed E-state index contributed by atoms with van der Waals surface area (Å²) in [4.78, 5) is 51.6. The number of fused-ring (bicyclic) bond motifs is 4. The molecule has 3 fully saturated rings. The van der Waals surface area contributed by atoms with Crippen LogP contribution in [0.3, 0.4) is 0 Å². The molecule has 17 heteroatoms. The minimum atomic E-state index is -5.25. The zero-order chi connectivity index (χ0) is 33.9. The third-order valence-electron chi connectivity index (χ3n) is 9.15. The van der Waals surface area contributed by atoms with Gasteiger partial charge in [-0.15, -0.1) is 23.2 Å². The number of rotatable bonds is 3. The Kier molecular flexibility index (Phi) is 7.63. The van der Waals surface area contributed by atoms with E-state index in [4.69, 9.17) is 34.8 Å². The van der Waals surface area contributed by atoms with Crippen LogP contribution in [0, 0.1) is 17.8 Å². The van der Waals surface area contributed by atoms with Crippen molar-refractivity contribution >= 4 is 80.0 Å². The van der Waals surface area contributed by atoms with Crippen LogP contribution in [-0.4, -0.2) is 48.8 Å². The number of carbonyl (C=O) groups is 4. The van der Waals surface area contributed by atoms with Gasteiger partial charge in [-0.3, -0.25) is 24.1 Å². The van der Waals surface area contributed by atoms with Crippen LogP contribution in [0.25, 0.3) is 0 Å². The van der Waals surface area contributed by atoms with E-state index >= 15 is 0 Å². The third kappa shape index (κ3) is 4.53. The number of halogens is 10. The van der Waals surface area contributed by atoms with Crippen molar-refractivity contribution in [3.05, 3.63) is 69.8 Å². The standard InChI is InChI=1S/C29H18BrCl3F6N2O5/c30-10-40-24(45)26(32)9-18-15(21(27(26,33)25(40)46)17-8-13(31)1-4-19(17)42)2-3-16-20(18)23(44)41(22(16)43)14-6-11(28(34,35)36)5-12(7-14)29(37,38)39/h1-2,4-8,16,18,20-21,42H,3,9-10H2/t16-,18+,20-,21+,26+,27-/m0/s1. The Morgan fingerprint density at radius 3 is 2.07 bits per heavy atom. The first-order valence-electron chi connectivity index (χ1n) is 13.4. The van der Waals surface area contributed by atoms with Gasteiger partial charge in [0.25, 0.3) is 11.8 Å². The molecule has 2 saturated heterocycles. The quantitative estimate of drug-likeness (QED) is 0.119. The molecule has 0 radical (unpaired) electrons. The van der Waals surface area contributed by atoms with Crippen LogP contribution in [0.4, 0.5) is 32.0 Å². The number of likely N-dealkylation sites (tertiary alicyclic amines) is 1. The number of imide groups is 2. The minimum Gasteiger partial charge on any atom is -0.508 e. The SMILES string of the molecule is O=C1[C@H]2[C@H](CC=C3[C@H]2C[C@@]2(Cl)C(=O)N(CBr)C(=O)[C@@]2(Cl)[C@H]3c2cc(Cl)ccc2O)C(=O)N1c1cc(C(F)(F)F)cc(C(F)(F)F)c1. The van der Waals surface area contributed by atoms with Gasteiger partial charge in [-0.2, -0.15) is 26.3 Å². The number of allylic oxidation sites excluding steroid dienone is 2. The highest BCUT2D eigenvalue weighted by molar-refractivity contribution is 9.09. The fourth-order valence-corrected chi connectivity index (χ4v) is 8.78. The Labute approximate surface area is 279 Å². The van der Waals surface area contributed by atoms with Crippen molar-refractivity contribution in [3.63, 3.8) is 0 Å². The molecule has 1 saturated carbocycles. The second-order valence-electron chi connectivity index (χ2n) is 11.5. The number of hydrogen-bond donors (Lipinski definition) is 1. The lowest BCUT2D eigenvalue weighted by atomic mass is 9.56. The fourth-order valence-electron chi connectivity index (χ4n) is 7.18. The summed E-state index contributed by atoms with van der Waals surface area (Å²) in [5.74, 6) is -9.67. The van der Waals surface area contributed by atoms with Gasteiger partial charge in [0, 0.05) is 16.5 Å². The molecule has 1 N–H and O–H groups in total. The molecule has 0 unspecified atom stereocenters. The number of alkyl halides is 9. The van der Waals surface area contributed by atoms with E-state index in [0.29, 0.717) is 4.90 Å². The summed E-state index contributed by atoms with van der Waals surface area (Å²) in [7, 11) is 0. The molecule has 2 heterocycles. The second kappa shape index (κ2) is 10.6. The molecule has 4 amide bonds. The van der Waals surface area contributed by atoms with Gasteiger partial charge in [-0.05, 0) is 55.2 Å². The largest absolute Gasteiger partial charge is 0.508 e. The summed E-state index contributed by atoms with van der Waals surface area (Å²) in [5.41, 5.74) is -4.50. The van der Waals surface area contributed by atoms with Crippen molar-refractivity contribution in [2.75, 3.05) is 10.4 Å². The van der Waals surface area contributed by atoms with Gasteiger partial charge < -0.3 is 5.11 Å². The zero-order valence-corrected chi connectivity index (χ0v) is 26.6. The van der Waals surface area contributed by atoms with Gasteiger partial charge in [0.05, 0.1) is 34.1 Å². The molecule has 2 aromatic rings. The van der Waals surface area contributed by atoms with Crippen molar-refractivity contribution < 1.29 is 50.6 Å². The highest BCUT2D eigenvalue weighted by atomic mass is 79.9. The number of aromatic hydroxyl groups is 1. The number of phenolic OH excluding ortho intramolecular Hbond substituents is 1. The van der Waals surface area contributed by atoms with E-state index in [-0.39, 0.29) is 46.2 Å². The monoisotopic (exact) mass is 772 g/mol. The number of anilines is 1. The molecule has 7 nitrogen and oxygen atoms in total. The third-order valence-corrected chi connectivity index (χ3v) is 11.3. The van der Waals surface area contributed by atoms with E-state index in [1.807, 2.05) is 0 Å². The summed E-state index contributed by atoms with van der Waals surface area (Å²) in [5, 5.41) is 11.0. The molecule has 2 aliphatic carbocycles. The number of phenols is 1. The molecule has 6 atom stereocenters. The lowest BCUT2D eigenvalue weighted by Crippen LogP contribution is -2.60. The smallest absolute Gasteiger partial charge is 0.416 e. The number of carbonyl (C=O) groups excluding carboxylic acids is 4. The molecule has 244 valence electrons. The van der Waals surface area contributed by atoms with Gasteiger partial charge in [0.1, 0.15) is 5.75 Å². The van der Waals surface area contributed by atoms with Gasteiger partial charge in [0.2, 0.25) is 11.8 Å². The van der Waals surface area contributed by atoms with Gasteiger partial charge in [-0.1, -0.05) is 39.2 Å². The number of nitrogens with zero attached hydrogens (tertiary/aromatic N) is 2. The van der Waals surface area contributed by atoms with Crippen LogP contribution >= 0.6 is 50.7 Å². The second-order valence-corrected chi connectivity index (χ2v) is 13.6. The maximum absolute atomic E-state index is 14.0. The Morgan fingerprint density at radius 1 is 0.891 bits per heavy atom. The predicted molar refractivity (Wildman–Crippen MR) is 155 cm³/mol. The lowest BCUT2D eigenvalue weighted by molar-refractivity contribution is -0.143. The van der Waals surface area contributed by atoms with E-state index in [9.17, 15) is 50.6 Å². The average Bonchev–Trinajstić information content (AvgIpc) is 3.31. The first kappa shape index (κ1) is 33.1. The topological polar surface area (TPSA) is 95.0 Å². The van der Waals surface area contributed by atoms with Crippen LogP contribution in [-0.2, 0) is 31.5 Å². The maximum atomic E-state index is 14.0. The molecule has 0 aromatic heterocycles. The molecule has 0 bridgehead atoms. The van der Waals surface area contributed by atoms with Crippen molar-refractivity contribution in [2.24, 2.45) is 17.8 Å². The van der Waals surface area contributed by atoms with Crippen LogP contribution in [0.15, 0.2) is 48.0 Å². The first-order valence-corrected chi connectivity index (χ1v) is 15.7. The zero-order valence-electron chi connectivity index (χ0n) is 22.7. The van der Waals surface area contributed by atoms with Crippen molar-refractivity contribution in [3.8, 4) is 5.75 Å². The van der Waals surface area contributed by atoms with E-state index in [0.717, 1.165) is 4.90 Å². The molecule has 2 aliphatic heterocycles. The molecule has 46 heavy (non-hydrogen) atoms. The lowest BCUT2D eigenvalue weighted by Gasteiger charge is -2.50. The average molecular weight is 775 g/mol. The van der Waals surface area contributed by atoms with Crippen molar-refractivity contribution in [1.29, 1.82) is 0 Å². The van der Waals surface area contributed by atoms with Crippen LogP contribution < -0.4 is 4.90 Å². The summed E-state index contributed by atoms with van der Waals surface area (Å²) in [6, 6.07) is 4.29. The van der Waals surface area contributed by atoms with E-state index in [2.05, 4.69) is 15.9 Å². The Bertz CT molecular complexity index is 1740. The normalized spacial score (nSPS) is 31.2. The Balaban J connectivity index is 1.52. The number of amides is 4. The van der Waals surface area contributed by atoms with Gasteiger partial charge in [0.15, 0.2) is 9.75 Å². The van der Waals surface area contributed by atoms with E-state index in [1.165, 1.54) is 24.3 Å². The fraction of sp³-hybridized carbons (Fsp3) is 0.379. The summed E-state index contributed by atoms with van der Waals surface area (Å²) < 4.78 is 81.9. The van der Waals surface area contributed by atoms with E-state index < -0.39 is 98.4 Å². The number of benzene rings is 2. The highest BCUT2D eigenvalue weighted by Crippen LogP contribution is 2.66. The van der Waals surface area contributed by atoms with Crippen molar-refractivity contribution in [2.45, 2.75) is 40.9 Å². The summed E-state index contributed by atoms with van der Waals surface area (Å²) in [6.45, 7) is 0. The molecular weight excluding hydrogens is 757 g/mol. The van der Waals surface area contributed by atoms with Crippen LogP contribution in [0.2, 0.25) is 5.02 Å². The maximum Gasteiger partial charge on any atom is 0.416 e. The molecule has 4 aliphatic rings. The van der Waals surface area contributed by atoms with Crippen LogP contribution in [0.5, 0.6) is 5.75 Å². The number of hydrogen-bond acceptors (Lipinski definition) is 5. The Morgan fingerprint density at radius 2 is 1.50 bits per heavy atom. The van der Waals surface area contributed by atoms with Gasteiger partial charge >= 0.3 is 12.4 Å². The molecular formula is C29H18BrCl3F6N2O5. The molecule has 0 spiro atoms. The van der Waals surface area contributed by atoms with Crippen LogP contribution in [0.1, 0.15) is 35.4 Å². The first-order chi connectivity index (χ1) is 21.3. The Hall–Kier alpha value is -2.81. The minimum absolute atomic E-state index is 0.0270. The molecule has 2 aromatic carbocycles. The van der Waals surface area contributed by atoms with Crippen molar-refractivity contribution in [1.82, 2.24) is 4.90 Å². The molecule has 6 rings (SSSR count). The summed E-state index contributed by atoms with van der Waals surface area (Å²) >= 11 is 23.4.